The second-order valence-electron chi connectivity index (χ2n) is 8.59. The van der Waals surface area contributed by atoms with E-state index in [2.05, 4.69) is 4.90 Å². The molecule has 1 heterocycles. The molecule has 0 amide bonds. The summed E-state index contributed by atoms with van der Waals surface area (Å²) < 4.78 is 24.7. The first-order chi connectivity index (χ1) is 16.4. The van der Waals surface area contributed by atoms with Crippen LogP contribution < -0.4 is 0 Å². The molecule has 0 bridgehead atoms. The van der Waals surface area contributed by atoms with Crippen LogP contribution in [0.4, 0.5) is 4.39 Å². The van der Waals surface area contributed by atoms with Crippen molar-refractivity contribution in [3.05, 3.63) is 76.1 Å². The minimum Gasteiger partial charge on any atom is -0.463 e. The van der Waals surface area contributed by atoms with Gasteiger partial charge in [0.25, 0.3) is 0 Å². The lowest BCUT2D eigenvalue weighted by atomic mass is 10.0. The zero-order chi connectivity index (χ0) is 24.5. The van der Waals surface area contributed by atoms with Crippen molar-refractivity contribution in [2.24, 2.45) is 0 Å². The molecule has 1 fully saturated rings. The van der Waals surface area contributed by atoms with E-state index in [1.807, 2.05) is 37.3 Å². The number of benzene rings is 2. The van der Waals surface area contributed by atoms with Crippen LogP contribution in [0.25, 0.3) is 6.08 Å². The number of nitrogens with zero attached hydrogens (tertiary/aromatic N) is 1. The van der Waals surface area contributed by atoms with Gasteiger partial charge < -0.3 is 14.6 Å². The number of hydrogen-bond donors (Lipinski definition) is 1. The molecule has 184 valence electrons. The Hall–Kier alpha value is -2.25. The topological polar surface area (TPSA) is 59.0 Å². The van der Waals surface area contributed by atoms with Crippen molar-refractivity contribution < 1.29 is 23.8 Å². The van der Waals surface area contributed by atoms with E-state index in [9.17, 15) is 14.3 Å². The van der Waals surface area contributed by atoms with Gasteiger partial charge in [-0.05, 0) is 74.6 Å². The molecular formula is C27H33ClFNO4. The second-order valence-corrected chi connectivity index (χ2v) is 8.99. The number of hydrogen-bond acceptors (Lipinski definition) is 5. The molecule has 1 aliphatic rings. The third-order valence-corrected chi connectivity index (χ3v) is 6.36. The van der Waals surface area contributed by atoms with Crippen molar-refractivity contribution in [1.82, 2.24) is 4.90 Å². The van der Waals surface area contributed by atoms with Crippen LogP contribution in [-0.4, -0.2) is 54.4 Å². The highest BCUT2D eigenvalue weighted by atomic mass is 35.5. The first-order valence-corrected chi connectivity index (χ1v) is 12.2. The van der Waals surface area contributed by atoms with Gasteiger partial charge in [-0.2, -0.15) is 0 Å². The third kappa shape index (κ3) is 7.64. The molecule has 7 heteroatoms. The molecule has 2 aromatic rings. The minimum atomic E-state index is -0.646. The van der Waals surface area contributed by atoms with Gasteiger partial charge >= 0.3 is 5.97 Å². The summed E-state index contributed by atoms with van der Waals surface area (Å²) in [6.07, 6.45) is 5.00. The first-order valence-electron chi connectivity index (χ1n) is 11.8. The lowest BCUT2D eigenvalue weighted by Gasteiger charge is -2.27. The number of carbonyl (C=O) groups is 1. The van der Waals surface area contributed by atoms with Crippen molar-refractivity contribution >= 4 is 23.6 Å². The Morgan fingerprint density at radius 2 is 2.12 bits per heavy atom. The maximum atomic E-state index is 13.8. The molecule has 0 spiro atoms. The normalized spacial score (nSPS) is 18.3. The minimum absolute atomic E-state index is 0.131. The van der Waals surface area contributed by atoms with Crippen LogP contribution in [0.15, 0.2) is 48.5 Å². The number of aliphatic hydroxyl groups excluding tert-OH is 1. The highest BCUT2D eigenvalue weighted by Crippen LogP contribution is 2.25. The quantitative estimate of drug-likeness (QED) is 0.347. The number of likely N-dealkylation sites (tertiary alicyclic amines) is 1. The molecule has 0 saturated carbocycles. The van der Waals surface area contributed by atoms with Crippen LogP contribution >= 0.6 is 11.6 Å². The van der Waals surface area contributed by atoms with E-state index in [0.29, 0.717) is 13.2 Å². The largest absolute Gasteiger partial charge is 0.463 e. The van der Waals surface area contributed by atoms with E-state index in [0.717, 1.165) is 42.5 Å². The molecule has 1 saturated heterocycles. The fraction of sp³-hybridized carbons (Fsp3) is 0.444. The molecule has 5 nitrogen and oxygen atoms in total. The predicted octanol–water partition coefficient (Wildman–Crippen LogP) is 5.20. The van der Waals surface area contributed by atoms with Crippen molar-refractivity contribution in [3.8, 4) is 0 Å². The Bertz CT molecular complexity index is 983. The van der Waals surface area contributed by atoms with Crippen LogP contribution in [0.5, 0.6) is 0 Å². The molecule has 0 aliphatic carbocycles. The zero-order valence-electron chi connectivity index (χ0n) is 19.8. The summed E-state index contributed by atoms with van der Waals surface area (Å²) in [5, 5.41) is 10.8. The first kappa shape index (κ1) is 26.4. The number of β-amino-alcohol motifs (C(OH)–C–C–N with tert-alkyl or cyclic N) is 1. The third-order valence-electron chi connectivity index (χ3n) is 6.06. The number of esters is 1. The standard InChI is InChI=1S/C27H33ClFNO4/c1-3-33-27(32)13-11-21-7-4-5-9-24(21)19(2)34-18-23(31)17-30-14-6-8-22(30)15-20-10-12-25(28)26(29)16-20/h4-5,7,9-13,16,19,22-23,31H,3,6,8,14-15,17-18H2,1-2H3/t19-,22+,23-/m1/s1. The van der Waals surface area contributed by atoms with Crippen LogP contribution in [0.1, 0.15) is 49.5 Å². The molecule has 3 rings (SSSR count). The molecule has 3 atom stereocenters. The van der Waals surface area contributed by atoms with Gasteiger partial charge in [0.05, 0.1) is 30.4 Å². The van der Waals surface area contributed by atoms with Gasteiger partial charge in [0.1, 0.15) is 5.82 Å². The molecule has 34 heavy (non-hydrogen) atoms. The van der Waals surface area contributed by atoms with E-state index >= 15 is 0 Å². The Labute approximate surface area is 206 Å². The summed E-state index contributed by atoms with van der Waals surface area (Å²) in [5.74, 6) is -0.786. The number of carbonyl (C=O) groups excluding carboxylic acids is 1. The predicted molar refractivity (Wildman–Crippen MR) is 132 cm³/mol. The van der Waals surface area contributed by atoms with E-state index in [1.165, 1.54) is 12.1 Å². The van der Waals surface area contributed by atoms with E-state index in [-0.39, 0.29) is 29.7 Å². The van der Waals surface area contributed by atoms with Crippen molar-refractivity contribution in [2.45, 2.75) is 51.4 Å². The summed E-state index contributed by atoms with van der Waals surface area (Å²) in [5.41, 5.74) is 2.71. The molecule has 0 radical (unpaired) electrons. The highest BCUT2D eigenvalue weighted by molar-refractivity contribution is 6.30. The van der Waals surface area contributed by atoms with Gasteiger partial charge in [-0.3, -0.25) is 4.90 Å². The van der Waals surface area contributed by atoms with Gasteiger partial charge in [0, 0.05) is 18.7 Å². The van der Waals surface area contributed by atoms with Gasteiger partial charge in [-0.1, -0.05) is 41.9 Å². The number of ether oxygens (including phenoxy) is 2. The molecule has 1 N–H and O–H groups in total. The Morgan fingerprint density at radius 3 is 2.88 bits per heavy atom. The maximum absolute atomic E-state index is 13.8. The molecule has 0 unspecified atom stereocenters. The van der Waals surface area contributed by atoms with Crippen LogP contribution in [0.2, 0.25) is 5.02 Å². The second kappa shape index (κ2) is 13.0. The Balaban J connectivity index is 1.53. The summed E-state index contributed by atoms with van der Waals surface area (Å²) in [6, 6.07) is 12.9. The van der Waals surface area contributed by atoms with Gasteiger partial charge in [-0.15, -0.1) is 0 Å². The number of halogens is 2. The van der Waals surface area contributed by atoms with Crippen LogP contribution in [0, 0.1) is 5.82 Å². The Morgan fingerprint density at radius 1 is 1.32 bits per heavy atom. The fourth-order valence-electron chi connectivity index (χ4n) is 4.36. The van der Waals surface area contributed by atoms with Gasteiger partial charge in [0.2, 0.25) is 0 Å². The smallest absolute Gasteiger partial charge is 0.330 e. The summed E-state index contributed by atoms with van der Waals surface area (Å²) in [4.78, 5) is 13.9. The maximum Gasteiger partial charge on any atom is 0.330 e. The lowest BCUT2D eigenvalue weighted by Crippen LogP contribution is -2.39. The monoisotopic (exact) mass is 489 g/mol. The zero-order valence-corrected chi connectivity index (χ0v) is 20.5. The van der Waals surface area contributed by atoms with Gasteiger partial charge in [-0.25, -0.2) is 9.18 Å². The Kier molecular flexibility index (Phi) is 10.1. The molecule has 1 aliphatic heterocycles. The van der Waals surface area contributed by atoms with Crippen molar-refractivity contribution in [2.75, 3.05) is 26.3 Å². The molecular weight excluding hydrogens is 457 g/mol. The molecule has 2 aromatic carbocycles. The fourth-order valence-corrected chi connectivity index (χ4v) is 4.47. The average molecular weight is 490 g/mol. The summed E-state index contributed by atoms with van der Waals surface area (Å²) in [6.45, 7) is 5.61. The van der Waals surface area contributed by atoms with Crippen LogP contribution in [0.3, 0.4) is 0 Å². The number of aliphatic hydroxyl groups is 1. The summed E-state index contributed by atoms with van der Waals surface area (Å²) in [7, 11) is 0. The SMILES string of the molecule is CCOC(=O)C=Cc1ccccc1[C@@H](C)OC[C@H](O)CN1CCC[C@H]1Cc1ccc(Cl)c(F)c1. The molecule has 0 aromatic heterocycles. The van der Waals surface area contributed by atoms with E-state index in [4.69, 9.17) is 21.1 Å². The van der Waals surface area contributed by atoms with Gasteiger partial charge in [0.15, 0.2) is 0 Å². The number of rotatable bonds is 11. The van der Waals surface area contributed by atoms with Crippen molar-refractivity contribution in [1.29, 1.82) is 0 Å². The lowest BCUT2D eigenvalue weighted by molar-refractivity contribution is -0.137. The summed E-state index contributed by atoms with van der Waals surface area (Å²) >= 11 is 5.80. The van der Waals surface area contributed by atoms with Crippen molar-refractivity contribution in [3.63, 3.8) is 0 Å². The van der Waals surface area contributed by atoms with E-state index in [1.54, 1.807) is 19.1 Å². The highest BCUT2D eigenvalue weighted by Gasteiger charge is 2.27. The van der Waals surface area contributed by atoms with Crippen LogP contribution in [-0.2, 0) is 20.7 Å². The average Bonchev–Trinajstić information content (AvgIpc) is 3.25. The van der Waals surface area contributed by atoms with E-state index < -0.39 is 11.9 Å².